The second-order valence-electron chi connectivity index (χ2n) is 4.09. The van der Waals surface area contributed by atoms with Gasteiger partial charge in [-0.2, -0.15) is 0 Å². The van der Waals surface area contributed by atoms with Gasteiger partial charge in [0.2, 0.25) is 0 Å². The highest BCUT2D eigenvalue weighted by molar-refractivity contribution is 8.14. The van der Waals surface area contributed by atoms with Gasteiger partial charge in [-0.25, -0.2) is 0 Å². The minimum absolute atomic E-state index is 0.408. The van der Waals surface area contributed by atoms with Crippen molar-refractivity contribution in [1.29, 1.82) is 0 Å². The smallest absolute Gasteiger partial charge is 0.0708 e. The third-order valence-corrected chi connectivity index (χ3v) is 3.91. The second-order valence-corrected chi connectivity index (χ2v) is 5.25. The number of aliphatic hydroxyl groups is 1. The first-order valence-electron chi connectivity index (χ1n) is 5.17. The van der Waals surface area contributed by atoms with Gasteiger partial charge in [0.15, 0.2) is 0 Å². The first kappa shape index (κ1) is 9.53. The second kappa shape index (κ2) is 4.01. The Hall–Kier alpha value is -0.0200. The van der Waals surface area contributed by atoms with E-state index in [1.807, 2.05) is 11.8 Å². The zero-order valence-corrected chi connectivity index (χ0v) is 8.78. The molecule has 0 aromatic carbocycles. The number of hydrogen-bond donors (Lipinski definition) is 1. The van der Waals surface area contributed by atoms with Gasteiger partial charge in [-0.3, -0.25) is 4.99 Å². The Labute approximate surface area is 83.8 Å². The molecule has 0 amide bonds. The van der Waals surface area contributed by atoms with Crippen LogP contribution in [0.4, 0.5) is 0 Å². The Balaban J connectivity index is 1.90. The van der Waals surface area contributed by atoms with E-state index in [0.29, 0.717) is 0 Å². The lowest BCUT2D eigenvalue weighted by Crippen LogP contribution is -2.33. The predicted octanol–water partition coefficient (Wildman–Crippen LogP) is 2.22. The summed E-state index contributed by atoms with van der Waals surface area (Å²) in [5, 5.41) is 11.4. The highest BCUT2D eigenvalue weighted by Crippen LogP contribution is 2.33. The first-order valence-corrected chi connectivity index (χ1v) is 6.16. The van der Waals surface area contributed by atoms with Crippen molar-refractivity contribution >= 4 is 16.8 Å². The van der Waals surface area contributed by atoms with Crippen LogP contribution >= 0.6 is 11.8 Å². The molecule has 2 nitrogen and oxygen atoms in total. The van der Waals surface area contributed by atoms with Crippen molar-refractivity contribution in [3.8, 4) is 0 Å². The van der Waals surface area contributed by atoms with Gasteiger partial charge in [-0.15, -0.1) is 11.8 Å². The molecule has 0 atom stereocenters. The van der Waals surface area contributed by atoms with E-state index < -0.39 is 5.60 Å². The molecule has 0 saturated heterocycles. The molecule has 0 bridgehead atoms. The number of thioether (sulfide) groups is 1. The lowest BCUT2D eigenvalue weighted by atomic mass is 9.83. The van der Waals surface area contributed by atoms with Crippen molar-refractivity contribution in [3.63, 3.8) is 0 Å². The van der Waals surface area contributed by atoms with Crippen LogP contribution in [0.5, 0.6) is 0 Å². The van der Waals surface area contributed by atoms with Crippen LogP contribution in [0, 0.1) is 0 Å². The Morgan fingerprint density at radius 1 is 1.31 bits per heavy atom. The molecule has 1 aliphatic carbocycles. The number of nitrogens with zero attached hydrogens (tertiary/aromatic N) is 1. The van der Waals surface area contributed by atoms with E-state index in [0.717, 1.165) is 31.6 Å². The molecule has 1 heterocycles. The van der Waals surface area contributed by atoms with E-state index in [1.165, 1.54) is 24.3 Å². The van der Waals surface area contributed by atoms with E-state index in [4.69, 9.17) is 0 Å². The summed E-state index contributed by atoms with van der Waals surface area (Å²) in [5.41, 5.74) is -0.408. The quantitative estimate of drug-likeness (QED) is 0.739. The van der Waals surface area contributed by atoms with Crippen LogP contribution in [-0.4, -0.2) is 28.0 Å². The molecular weight excluding hydrogens is 182 g/mol. The molecule has 3 heteroatoms. The van der Waals surface area contributed by atoms with Gasteiger partial charge in [0.25, 0.3) is 0 Å². The van der Waals surface area contributed by atoms with Gasteiger partial charge in [0.05, 0.1) is 10.6 Å². The minimum atomic E-state index is -0.408. The van der Waals surface area contributed by atoms with Crippen LogP contribution in [0.2, 0.25) is 0 Å². The van der Waals surface area contributed by atoms with Gasteiger partial charge in [-0.1, -0.05) is 19.3 Å². The van der Waals surface area contributed by atoms with Gasteiger partial charge in [0, 0.05) is 18.7 Å². The van der Waals surface area contributed by atoms with Crippen LogP contribution in [0.3, 0.4) is 0 Å². The third kappa shape index (κ3) is 2.47. The summed E-state index contributed by atoms with van der Waals surface area (Å²) in [7, 11) is 0. The summed E-state index contributed by atoms with van der Waals surface area (Å²) < 4.78 is 0. The standard InChI is InChI=1S/C10H17NOS/c12-10(4-2-1-3-5-10)8-9-11-6-7-13-9/h12H,1-8H2. The fraction of sp³-hybridized carbons (Fsp3) is 0.900. The predicted molar refractivity (Wildman–Crippen MR) is 57.4 cm³/mol. The lowest BCUT2D eigenvalue weighted by molar-refractivity contribution is 0.0116. The summed E-state index contributed by atoms with van der Waals surface area (Å²) in [5.74, 6) is 1.12. The molecule has 1 saturated carbocycles. The number of rotatable bonds is 2. The van der Waals surface area contributed by atoms with E-state index in [-0.39, 0.29) is 0 Å². The maximum absolute atomic E-state index is 10.2. The minimum Gasteiger partial charge on any atom is -0.389 e. The maximum Gasteiger partial charge on any atom is 0.0708 e. The Kier molecular flexibility index (Phi) is 2.94. The molecule has 0 unspecified atom stereocenters. The molecule has 74 valence electrons. The van der Waals surface area contributed by atoms with E-state index in [9.17, 15) is 5.11 Å². The van der Waals surface area contributed by atoms with Gasteiger partial charge in [0.1, 0.15) is 0 Å². The monoisotopic (exact) mass is 199 g/mol. The van der Waals surface area contributed by atoms with Crippen molar-refractivity contribution in [3.05, 3.63) is 0 Å². The molecule has 1 N–H and O–H groups in total. The molecular formula is C10H17NOS. The molecule has 0 aromatic rings. The molecule has 0 radical (unpaired) electrons. The number of aliphatic imine (C=N–C) groups is 1. The zero-order valence-electron chi connectivity index (χ0n) is 7.96. The fourth-order valence-corrected chi connectivity index (χ4v) is 3.13. The lowest BCUT2D eigenvalue weighted by Gasteiger charge is -2.31. The highest BCUT2D eigenvalue weighted by Gasteiger charge is 2.31. The molecule has 0 spiro atoms. The molecule has 2 rings (SSSR count). The van der Waals surface area contributed by atoms with Crippen molar-refractivity contribution in [2.24, 2.45) is 4.99 Å². The average molecular weight is 199 g/mol. The largest absolute Gasteiger partial charge is 0.389 e. The third-order valence-electron chi connectivity index (χ3n) is 2.91. The van der Waals surface area contributed by atoms with Crippen LogP contribution in [-0.2, 0) is 0 Å². The Morgan fingerprint density at radius 3 is 2.69 bits per heavy atom. The topological polar surface area (TPSA) is 32.6 Å². The van der Waals surface area contributed by atoms with Crippen molar-refractivity contribution in [1.82, 2.24) is 0 Å². The van der Waals surface area contributed by atoms with Crippen LogP contribution in [0.25, 0.3) is 0 Å². The van der Waals surface area contributed by atoms with Gasteiger partial charge < -0.3 is 5.11 Å². The zero-order chi connectivity index (χ0) is 9.15. The maximum atomic E-state index is 10.2. The summed E-state index contributed by atoms with van der Waals surface area (Å²) in [6.45, 7) is 0.954. The van der Waals surface area contributed by atoms with E-state index >= 15 is 0 Å². The highest BCUT2D eigenvalue weighted by atomic mass is 32.2. The summed E-state index contributed by atoms with van der Waals surface area (Å²) >= 11 is 1.82. The van der Waals surface area contributed by atoms with E-state index in [1.54, 1.807) is 0 Å². The average Bonchev–Trinajstić information content (AvgIpc) is 2.57. The summed E-state index contributed by atoms with van der Waals surface area (Å²) in [6, 6.07) is 0. The Morgan fingerprint density at radius 2 is 2.08 bits per heavy atom. The van der Waals surface area contributed by atoms with Crippen molar-refractivity contribution in [2.75, 3.05) is 12.3 Å². The van der Waals surface area contributed by atoms with Crippen LogP contribution in [0.1, 0.15) is 38.5 Å². The van der Waals surface area contributed by atoms with Crippen molar-refractivity contribution in [2.45, 2.75) is 44.1 Å². The molecule has 1 fully saturated rings. The van der Waals surface area contributed by atoms with Crippen molar-refractivity contribution < 1.29 is 5.11 Å². The van der Waals surface area contributed by atoms with Gasteiger partial charge in [-0.05, 0) is 12.8 Å². The van der Waals surface area contributed by atoms with E-state index in [2.05, 4.69) is 4.99 Å². The first-order chi connectivity index (χ1) is 6.29. The fourth-order valence-electron chi connectivity index (χ4n) is 2.15. The molecule has 13 heavy (non-hydrogen) atoms. The molecule has 1 aliphatic heterocycles. The SMILES string of the molecule is OC1(CC2=NCCS2)CCCCC1. The normalized spacial score (nSPS) is 27.3. The Bertz CT molecular complexity index is 209. The molecule has 0 aromatic heterocycles. The van der Waals surface area contributed by atoms with Crippen LogP contribution < -0.4 is 0 Å². The van der Waals surface area contributed by atoms with Gasteiger partial charge >= 0.3 is 0 Å². The summed E-state index contributed by atoms with van der Waals surface area (Å²) in [6.07, 6.45) is 6.45. The molecule has 2 aliphatic rings. The summed E-state index contributed by atoms with van der Waals surface area (Å²) in [4.78, 5) is 4.39. The van der Waals surface area contributed by atoms with Crippen LogP contribution in [0.15, 0.2) is 4.99 Å². The number of hydrogen-bond acceptors (Lipinski definition) is 3.